The number of rotatable bonds is 4. The number of nitrogens with one attached hydrogen (secondary N) is 2. The highest BCUT2D eigenvalue weighted by atomic mass is 16.2. The fourth-order valence-corrected chi connectivity index (χ4v) is 2.59. The number of amides is 4. The van der Waals surface area contributed by atoms with Crippen LogP contribution < -0.4 is 10.7 Å². The van der Waals surface area contributed by atoms with Crippen molar-refractivity contribution in [3.63, 3.8) is 0 Å². The summed E-state index contributed by atoms with van der Waals surface area (Å²) in [6.07, 6.45) is 2.04. The summed E-state index contributed by atoms with van der Waals surface area (Å²) in [5, 5.41) is 3.54. The van der Waals surface area contributed by atoms with Gasteiger partial charge in [-0.15, -0.1) is 0 Å². The van der Waals surface area contributed by atoms with Gasteiger partial charge in [-0.3, -0.25) is 15.0 Å². The Hall–Kier alpha value is -2.37. The maximum atomic E-state index is 12.7. The second-order valence-corrected chi connectivity index (χ2v) is 5.45. The summed E-state index contributed by atoms with van der Waals surface area (Å²) < 4.78 is 0. The van der Waals surface area contributed by atoms with Gasteiger partial charge in [0.1, 0.15) is 5.54 Å². The zero-order valence-electron chi connectivity index (χ0n) is 11.8. The average Bonchev–Trinajstić information content (AvgIpc) is 3.31. The van der Waals surface area contributed by atoms with Crippen LogP contribution in [0.5, 0.6) is 0 Å². The van der Waals surface area contributed by atoms with Crippen molar-refractivity contribution in [3.05, 3.63) is 35.9 Å². The van der Waals surface area contributed by atoms with Gasteiger partial charge in [-0.2, -0.15) is 5.01 Å². The number of carbonyl (C=O) groups excluding carboxylic acids is 3. The number of hydrogen-bond acceptors (Lipinski definition) is 3. The molecule has 1 aliphatic carbocycles. The van der Waals surface area contributed by atoms with E-state index in [1.165, 1.54) is 0 Å². The van der Waals surface area contributed by atoms with Crippen LogP contribution in [0.3, 0.4) is 0 Å². The summed E-state index contributed by atoms with van der Waals surface area (Å²) >= 11 is 0. The van der Waals surface area contributed by atoms with Crippen LogP contribution in [-0.4, -0.2) is 22.9 Å². The third kappa shape index (κ3) is 2.16. The lowest BCUT2D eigenvalue weighted by atomic mass is 9.87. The molecular formula is C15H17N3O3. The molecule has 1 saturated heterocycles. The van der Waals surface area contributed by atoms with Crippen LogP contribution in [0.4, 0.5) is 4.79 Å². The molecule has 2 N–H and O–H groups in total. The van der Waals surface area contributed by atoms with E-state index in [4.69, 9.17) is 0 Å². The van der Waals surface area contributed by atoms with Crippen LogP contribution in [0.15, 0.2) is 30.3 Å². The van der Waals surface area contributed by atoms with E-state index in [9.17, 15) is 14.4 Å². The van der Waals surface area contributed by atoms with Crippen LogP contribution in [0, 0.1) is 5.92 Å². The number of carbonyl (C=O) groups is 3. The topological polar surface area (TPSA) is 78.5 Å². The Morgan fingerprint density at radius 3 is 2.57 bits per heavy atom. The van der Waals surface area contributed by atoms with E-state index < -0.39 is 17.5 Å². The molecule has 2 aliphatic rings. The number of imide groups is 1. The smallest absolute Gasteiger partial charge is 0.318 e. The van der Waals surface area contributed by atoms with Gasteiger partial charge in [0.2, 0.25) is 5.91 Å². The lowest BCUT2D eigenvalue weighted by molar-refractivity contribution is -0.139. The Bertz CT molecular complexity index is 597. The van der Waals surface area contributed by atoms with Crippen LogP contribution in [-0.2, 0) is 15.1 Å². The maximum absolute atomic E-state index is 12.7. The summed E-state index contributed by atoms with van der Waals surface area (Å²) in [7, 11) is 0. The van der Waals surface area contributed by atoms with Crippen molar-refractivity contribution in [2.45, 2.75) is 31.7 Å². The summed E-state index contributed by atoms with van der Waals surface area (Å²) in [5.41, 5.74) is 2.05. The van der Waals surface area contributed by atoms with Crippen LogP contribution in [0.1, 0.15) is 31.7 Å². The average molecular weight is 287 g/mol. The maximum Gasteiger partial charge on any atom is 0.344 e. The van der Waals surface area contributed by atoms with Gasteiger partial charge in [-0.05, 0) is 24.8 Å². The van der Waals surface area contributed by atoms with Crippen molar-refractivity contribution in [1.29, 1.82) is 0 Å². The molecule has 0 radical (unpaired) electrons. The zero-order chi connectivity index (χ0) is 15.0. The predicted molar refractivity (Wildman–Crippen MR) is 74.7 cm³/mol. The molecular weight excluding hydrogens is 270 g/mol. The van der Waals surface area contributed by atoms with E-state index in [-0.39, 0.29) is 11.8 Å². The van der Waals surface area contributed by atoms with Crippen molar-refractivity contribution >= 4 is 17.8 Å². The van der Waals surface area contributed by atoms with Gasteiger partial charge < -0.3 is 5.32 Å². The molecule has 6 heteroatoms. The van der Waals surface area contributed by atoms with Gasteiger partial charge in [0, 0.05) is 5.92 Å². The Morgan fingerprint density at radius 2 is 2.00 bits per heavy atom. The minimum atomic E-state index is -1.10. The zero-order valence-corrected chi connectivity index (χ0v) is 11.8. The third-order valence-corrected chi connectivity index (χ3v) is 4.06. The van der Waals surface area contributed by atoms with Crippen molar-refractivity contribution in [2.75, 3.05) is 0 Å². The number of urea groups is 1. The van der Waals surface area contributed by atoms with Crippen molar-refractivity contribution in [3.8, 4) is 0 Å². The largest absolute Gasteiger partial charge is 0.344 e. The fourth-order valence-electron chi connectivity index (χ4n) is 2.59. The minimum absolute atomic E-state index is 0.0704. The van der Waals surface area contributed by atoms with E-state index in [1.54, 1.807) is 12.1 Å². The van der Waals surface area contributed by atoms with Crippen LogP contribution in [0.25, 0.3) is 0 Å². The highest BCUT2D eigenvalue weighted by Crippen LogP contribution is 2.33. The molecule has 1 atom stereocenters. The Morgan fingerprint density at radius 1 is 1.33 bits per heavy atom. The predicted octanol–water partition coefficient (Wildman–Crippen LogP) is 1.28. The highest BCUT2D eigenvalue weighted by Gasteiger charge is 2.52. The summed E-state index contributed by atoms with van der Waals surface area (Å²) in [4.78, 5) is 36.6. The Labute approximate surface area is 122 Å². The highest BCUT2D eigenvalue weighted by molar-refractivity contribution is 6.08. The van der Waals surface area contributed by atoms with E-state index in [0.29, 0.717) is 12.0 Å². The molecule has 0 unspecified atom stereocenters. The Balaban J connectivity index is 1.88. The third-order valence-electron chi connectivity index (χ3n) is 4.06. The second-order valence-electron chi connectivity index (χ2n) is 5.45. The molecule has 1 saturated carbocycles. The first-order valence-corrected chi connectivity index (χ1v) is 7.11. The molecule has 0 aromatic heterocycles. The van der Waals surface area contributed by atoms with E-state index in [2.05, 4.69) is 10.7 Å². The Kier molecular flexibility index (Phi) is 3.16. The molecule has 2 fully saturated rings. The molecule has 1 aromatic carbocycles. The quantitative estimate of drug-likeness (QED) is 0.819. The molecule has 1 aromatic rings. The van der Waals surface area contributed by atoms with Gasteiger partial charge >= 0.3 is 6.03 Å². The van der Waals surface area contributed by atoms with Crippen molar-refractivity contribution < 1.29 is 14.4 Å². The summed E-state index contributed by atoms with van der Waals surface area (Å²) in [6.45, 7) is 1.83. The van der Waals surface area contributed by atoms with Gasteiger partial charge in [0.05, 0.1) is 0 Å². The van der Waals surface area contributed by atoms with Crippen molar-refractivity contribution in [2.24, 2.45) is 5.92 Å². The van der Waals surface area contributed by atoms with Crippen molar-refractivity contribution in [1.82, 2.24) is 15.8 Å². The van der Waals surface area contributed by atoms with E-state index in [0.717, 1.165) is 17.9 Å². The molecule has 4 amide bonds. The van der Waals surface area contributed by atoms with Crippen LogP contribution in [0.2, 0.25) is 0 Å². The first-order chi connectivity index (χ1) is 10.1. The van der Waals surface area contributed by atoms with E-state index >= 15 is 0 Å². The molecule has 3 rings (SSSR count). The number of nitrogens with zero attached hydrogens (tertiary/aromatic N) is 1. The van der Waals surface area contributed by atoms with Gasteiger partial charge in [0.15, 0.2) is 0 Å². The van der Waals surface area contributed by atoms with Gasteiger partial charge in [0.25, 0.3) is 5.91 Å². The monoisotopic (exact) mass is 287 g/mol. The molecule has 21 heavy (non-hydrogen) atoms. The van der Waals surface area contributed by atoms with Gasteiger partial charge in [-0.1, -0.05) is 37.3 Å². The van der Waals surface area contributed by atoms with Gasteiger partial charge in [-0.25, -0.2) is 4.79 Å². The summed E-state index contributed by atoms with van der Waals surface area (Å²) in [6, 6.07) is 8.50. The SMILES string of the molecule is CC[C@@]1(c2ccccc2)NC(=O)N(NC(=O)C2CC2)C1=O. The minimum Gasteiger partial charge on any atom is -0.318 e. The molecule has 0 spiro atoms. The molecule has 0 bridgehead atoms. The normalized spacial score (nSPS) is 24.9. The summed E-state index contributed by atoms with van der Waals surface area (Å²) in [5.74, 6) is -0.771. The standard InChI is InChI=1S/C15H17N3O3/c1-2-15(11-6-4-3-5-7-11)13(20)18(14(21)16-15)17-12(19)10-8-9-10/h3-7,10H,2,8-9H2,1H3,(H,16,21)(H,17,19)/t15-/m0/s1. The molecule has 1 aliphatic heterocycles. The fraction of sp³-hybridized carbons (Fsp3) is 0.400. The molecule has 110 valence electrons. The number of hydrazine groups is 1. The van der Waals surface area contributed by atoms with E-state index in [1.807, 2.05) is 25.1 Å². The lowest BCUT2D eigenvalue weighted by Crippen LogP contribution is -2.49. The van der Waals surface area contributed by atoms with Crippen LogP contribution >= 0.6 is 0 Å². The first kappa shape index (κ1) is 13.6. The number of hydrogen-bond donors (Lipinski definition) is 2. The number of benzene rings is 1. The lowest BCUT2D eigenvalue weighted by Gasteiger charge is -2.25. The molecule has 1 heterocycles. The molecule has 6 nitrogen and oxygen atoms in total. The second kappa shape index (κ2) is 4.87. The first-order valence-electron chi connectivity index (χ1n) is 7.11.